The zero-order chi connectivity index (χ0) is 33.6. The number of alkyl carbamates (subject to hydrolysis) is 1. The first-order chi connectivity index (χ1) is 20.4. The monoisotopic (exact) mass is 638 g/mol. The van der Waals surface area contributed by atoms with Gasteiger partial charge in [-0.1, -0.05) is 76.1 Å². The van der Waals surface area contributed by atoms with Gasteiger partial charge in [0.25, 0.3) is 0 Å². The Morgan fingerprint density at radius 2 is 1.52 bits per heavy atom. The van der Waals surface area contributed by atoms with Crippen molar-refractivity contribution in [2.45, 2.75) is 111 Å². The van der Waals surface area contributed by atoms with Crippen molar-refractivity contribution in [2.75, 3.05) is 12.0 Å². The van der Waals surface area contributed by atoms with Crippen LogP contribution < -0.4 is 21.3 Å². The second-order valence-electron chi connectivity index (χ2n) is 13.1. The van der Waals surface area contributed by atoms with Crippen LogP contribution in [0.15, 0.2) is 30.3 Å². The minimum absolute atomic E-state index is 0.0308. The van der Waals surface area contributed by atoms with Crippen LogP contribution in [0.2, 0.25) is 0 Å². The molecule has 0 aliphatic heterocycles. The summed E-state index contributed by atoms with van der Waals surface area (Å²) < 4.78 is 17.0. The average Bonchev–Trinajstić information content (AvgIpc) is 2.90. The molecule has 5 N–H and O–H groups in total. The number of hydrogen-bond acceptors (Lipinski definition) is 7. The van der Waals surface area contributed by atoms with E-state index < -0.39 is 58.9 Å². The lowest BCUT2D eigenvalue weighted by Crippen LogP contribution is -2.54. The summed E-state index contributed by atoms with van der Waals surface area (Å²) in [5.74, 6) is -1.80. The summed E-state index contributed by atoms with van der Waals surface area (Å²) in [4.78, 5) is 51.8. The van der Waals surface area contributed by atoms with E-state index >= 15 is 0 Å². The third kappa shape index (κ3) is 15.8. The number of aliphatic hydroxyl groups excluding tert-OH is 1. The van der Waals surface area contributed by atoms with Crippen LogP contribution in [0.25, 0.3) is 0 Å². The summed E-state index contributed by atoms with van der Waals surface area (Å²) in [6.45, 7) is 14.7. The third-order valence-corrected chi connectivity index (χ3v) is 7.63. The van der Waals surface area contributed by atoms with Gasteiger partial charge in [0.05, 0.1) is 18.4 Å². The van der Waals surface area contributed by atoms with Crippen LogP contribution in [0.4, 0.5) is 4.79 Å². The Kier molecular flexibility index (Phi) is 16.8. The van der Waals surface area contributed by atoms with Gasteiger partial charge in [-0.3, -0.25) is 14.4 Å². The van der Waals surface area contributed by atoms with E-state index in [9.17, 15) is 28.8 Å². The second-order valence-corrected chi connectivity index (χ2v) is 14.7. The van der Waals surface area contributed by atoms with E-state index in [1.807, 2.05) is 58.0 Å². The summed E-state index contributed by atoms with van der Waals surface area (Å²) in [5.41, 5.74) is 0.166. The molecule has 44 heavy (non-hydrogen) atoms. The molecule has 0 bridgehead atoms. The summed E-state index contributed by atoms with van der Waals surface area (Å²) >= 11 is -1.20. The first kappa shape index (κ1) is 39.2. The van der Waals surface area contributed by atoms with Gasteiger partial charge in [0, 0.05) is 18.9 Å². The predicted octanol–water partition coefficient (Wildman–Crippen LogP) is 3.02. The Morgan fingerprint density at radius 1 is 0.909 bits per heavy atom. The summed E-state index contributed by atoms with van der Waals surface area (Å²) in [6.07, 6.45) is 0.198. The average molecular weight is 639 g/mol. The summed E-state index contributed by atoms with van der Waals surface area (Å²) in [5, 5.41) is 22.3. The minimum Gasteiger partial charge on any atom is -0.617 e. The number of rotatable bonds is 17. The Bertz CT molecular complexity index is 1050. The van der Waals surface area contributed by atoms with Crippen LogP contribution in [-0.4, -0.2) is 75.3 Å². The van der Waals surface area contributed by atoms with Gasteiger partial charge >= 0.3 is 6.09 Å². The molecule has 0 spiro atoms. The van der Waals surface area contributed by atoms with E-state index in [1.54, 1.807) is 27.7 Å². The molecule has 1 aromatic carbocycles. The number of carbonyl (C=O) groups excluding carboxylic acids is 4. The maximum Gasteiger partial charge on any atom is 0.408 e. The molecule has 1 unspecified atom stereocenters. The van der Waals surface area contributed by atoms with Gasteiger partial charge in [0.2, 0.25) is 17.7 Å². The van der Waals surface area contributed by atoms with Gasteiger partial charge in [-0.2, -0.15) is 0 Å². The number of hydrogen-bond donors (Lipinski definition) is 5. The van der Waals surface area contributed by atoms with Crippen molar-refractivity contribution in [1.82, 2.24) is 21.3 Å². The van der Waals surface area contributed by atoms with Crippen molar-refractivity contribution in [1.29, 1.82) is 0 Å². The van der Waals surface area contributed by atoms with Crippen molar-refractivity contribution in [3.8, 4) is 0 Å². The Morgan fingerprint density at radius 3 is 2.05 bits per heavy atom. The van der Waals surface area contributed by atoms with Crippen LogP contribution in [0.3, 0.4) is 0 Å². The maximum absolute atomic E-state index is 13.3. The van der Waals surface area contributed by atoms with Gasteiger partial charge < -0.3 is 35.7 Å². The second kappa shape index (κ2) is 18.9. The molecule has 11 nitrogen and oxygen atoms in total. The quantitative estimate of drug-likeness (QED) is 0.163. The van der Waals surface area contributed by atoms with Crippen molar-refractivity contribution < 1.29 is 33.6 Å². The SMILES string of the molecule is CC(C)C[C@H](NC(=O)[C@H](CC[S+](C)[O-])NC(=O)OC(C)(C)C)[C@@H](O)C[C@@H](C)C(=O)N[C@H](C(=O)NCc1ccccc1)C(C)C. The lowest BCUT2D eigenvalue weighted by molar-refractivity contribution is -0.132. The molecule has 0 radical (unpaired) electrons. The topological polar surface area (TPSA) is 169 Å². The fourth-order valence-corrected chi connectivity index (χ4v) is 5.03. The molecular weight excluding hydrogens is 584 g/mol. The molecule has 0 aliphatic carbocycles. The highest BCUT2D eigenvalue weighted by molar-refractivity contribution is 7.90. The molecule has 12 heteroatoms. The molecule has 1 rings (SSSR count). The fraction of sp³-hybridized carbons (Fsp3) is 0.688. The number of carbonyl (C=O) groups is 4. The number of benzene rings is 1. The van der Waals surface area contributed by atoms with Crippen LogP contribution in [-0.2, 0) is 36.8 Å². The maximum atomic E-state index is 13.3. The molecule has 0 saturated heterocycles. The van der Waals surface area contributed by atoms with Gasteiger partial charge in [-0.25, -0.2) is 4.79 Å². The Hall–Kier alpha value is -2.83. The van der Waals surface area contributed by atoms with E-state index in [0.29, 0.717) is 13.0 Å². The first-order valence-electron chi connectivity index (χ1n) is 15.3. The van der Waals surface area contributed by atoms with Crippen LogP contribution in [0, 0.1) is 17.8 Å². The van der Waals surface area contributed by atoms with Gasteiger partial charge in [-0.05, 0) is 51.0 Å². The molecule has 1 aromatic rings. The Labute approximate surface area is 266 Å². The Balaban J connectivity index is 2.92. The van der Waals surface area contributed by atoms with E-state index in [-0.39, 0.29) is 42.2 Å². The normalized spacial score (nSPS) is 15.8. The van der Waals surface area contributed by atoms with E-state index in [0.717, 1.165) is 5.56 Å². The van der Waals surface area contributed by atoms with Crippen molar-refractivity contribution in [3.63, 3.8) is 0 Å². The zero-order valence-electron chi connectivity index (χ0n) is 27.8. The van der Waals surface area contributed by atoms with E-state index in [1.165, 1.54) is 6.26 Å². The number of aliphatic hydroxyl groups is 1. The van der Waals surface area contributed by atoms with Crippen molar-refractivity contribution >= 4 is 35.0 Å². The molecule has 0 saturated carbocycles. The summed E-state index contributed by atoms with van der Waals surface area (Å²) in [6, 6.07) is 6.96. The smallest absolute Gasteiger partial charge is 0.408 e. The van der Waals surface area contributed by atoms with Gasteiger partial charge in [-0.15, -0.1) is 0 Å². The van der Waals surface area contributed by atoms with E-state index in [2.05, 4.69) is 21.3 Å². The summed E-state index contributed by atoms with van der Waals surface area (Å²) in [7, 11) is 0. The zero-order valence-corrected chi connectivity index (χ0v) is 28.6. The van der Waals surface area contributed by atoms with Crippen LogP contribution in [0.1, 0.15) is 80.2 Å². The highest BCUT2D eigenvalue weighted by Gasteiger charge is 2.32. The van der Waals surface area contributed by atoms with Crippen LogP contribution in [0.5, 0.6) is 0 Å². The first-order valence-corrected chi connectivity index (χ1v) is 17.0. The van der Waals surface area contributed by atoms with Gasteiger partial charge in [0.1, 0.15) is 23.4 Å². The molecule has 4 amide bonds. The lowest BCUT2D eigenvalue weighted by Gasteiger charge is -2.30. The number of nitrogens with one attached hydrogen (secondary N) is 4. The number of ether oxygens (including phenoxy) is 1. The predicted molar refractivity (Wildman–Crippen MR) is 173 cm³/mol. The molecule has 0 fully saturated rings. The van der Waals surface area contributed by atoms with Crippen molar-refractivity contribution in [2.24, 2.45) is 17.8 Å². The third-order valence-electron chi connectivity index (χ3n) is 6.82. The lowest BCUT2D eigenvalue weighted by atomic mass is 9.91. The molecule has 250 valence electrons. The fourth-order valence-electron chi connectivity index (χ4n) is 4.46. The molecule has 0 aliphatic rings. The molecular formula is C32H54N4O7S. The highest BCUT2D eigenvalue weighted by atomic mass is 32.2. The van der Waals surface area contributed by atoms with E-state index in [4.69, 9.17) is 4.74 Å². The van der Waals surface area contributed by atoms with Crippen molar-refractivity contribution in [3.05, 3.63) is 35.9 Å². The molecule has 0 aromatic heterocycles. The van der Waals surface area contributed by atoms with Crippen LogP contribution >= 0.6 is 0 Å². The highest BCUT2D eigenvalue weighted by Crippen LogP contribution is 2.17. The number of amides is 4. The molecule has 0 heterocycles. The minimum atomic E-state index is -1.20. The largest absolute Gasteiger partial charge is 0.617 e. The molecule has 6 atom stereocenters. The standard InChI is InChI=1S/C32H54N4O7S/c1-20(2)17-25(34-29(39)24(15-16-44(9)42)35-31(41)43-32(6,7)8)26(37)18-22(5)28(38)36-27(21(3)4)30(40)33-19-23-13-11-10-12-14-23/h10-14,20-22,24-27,37H,15-19H2,1-9H3,(H,33,40)(H,34,39)(H,35,41)(H,36,38)/t22-,24+,25+,26+,27+,44?/m1/s1. The van der Waals surface area contributed by atoms with Gasteiger partial charge in [0.15, 0.2) is 0 Å².